The summed E-state index contributed by atoms with van der Waals surface area (Å²) in [6, 6.07) is 12.0. The molecule has 0 amide bonds. The fourth-order valence-corrected chi connectivity index (χ4v) is 5.48. The van der Waals surface area contributed by atoms with Gasteiger partial charge in [0.05, 0.1) is 15.3 Å². The van der Waals surface area contributed by atoms with Gasteiger partial charge in [0.15, 0.2) is 0 Å². The summed E-state index contributed by atoms with van der Waals surface area (Å²) < 4.78 is 27.7. The molecule has 0 saturated carbocycles. The van der Waals surface area contributed by atoms with Crippen molar-refractivity contribution in [2.24, 2.45) is 0 Å². The van der Waals surface area contributed by atoms with Gasteiger partial charge in [-0.15, -0.1) is 0 Å². The second-order valence-electron chi connectivity index (χ2n) is 7.45. The number of rotatable bonds is 4. The maximum Gasteiger partial charge on any atom is 0.270 e. The molecule has 3 aromatic rings. The van der Waals surface area contributed by atoms with Crippen LogP contribution in [0.5, 0.6) is 0 Å². The molecule has 2 aromatic carbocycles. The largest absolute Gasteiger partial charge is 0.368 e. The van der Waals surface area contributed by atoms with E-state index in [1.54, 1.807) is 13.1 Å². The predicted molar refractivity (Wildman–Crippen MR) is 115 cm³/mol. The van der Waals surface area contributed by atoms with Crippen LogP contribution in [0.15, 0.2) is 53.6 Å². The Morgan fingerprint density at radius 1 is 1.00 bits per heavy atom. The van der Waals surface area contributed by atoms with Gasteiger partial charge in [-0.05, 0) is 37.6 Å². The van der Waals surface area contributed by atoms with E-state index in [1.807, 2.05) is 25.1 Å². The zero-order chi connectivity index (χ0) is 21.5. The Balaban J connectivity index is 1.59. The molecule has 9 heteroatoms. The Morgan fingerprint density at radius 3 is 2.43 bits per heavy atom. The third-order valence-corrected chi connectivity index (χ3v) is 7.49. The van der Waals surface area contributed by atoms with Crippen LogP contribution in [0.1, 0.15) is 11.1 Å². The molecule has 0 unspecified atom stereocenters. The van der Waals surface area contributed by atoms with Gasteiger partial charge in [0, 0.05) is 55.6 Å². The van der Waals surface area contributed by atoms with Crippen molar-refractivity contribution in [3.8, 4) is 0 Å². The minimum atomic E-state index is -3.81. The van der Waals surface area contributed by atoms with Crippen molar-refractivity contribution in [2.45, 2.75) is 18.7 Å². The lowest BCUT2D eigenvalue weighted by molar-refractivity contribution is -0.385. The van der Waals surface area contributed by atoms with Crippen molar-refractivity contribution in [3.05, 3.63) is 69.9 Å². The molecule has 1 aliphatic heterocycles. The van der Waals surface area contributed by atoms with Crippen molar-refractivity contribution >= 4 is 32.3 Å². The van der Waals surface area contributed by atoms with Crippen LogP contribution in [-0.4, -0.2) is 48.8 Å². The molecule has 8 nitrogen and oxygen atoms in total. The normalized spacial score (nSPS) is 15.5. The first kappa shape index (κ1) is 20.2. The van der Waals surface area contributed by atoms with Gasteiger partial charge in [-0.25, -0.2) is 8.42 Å². The number of non-ortho nitro benzene ring substituents is 1. The summed E-state index contributed by atoms with van der Waals surface area (Å²) in [4.78, 5) is 17.1. The van der Waals surface area contributed by atoms with E-state index in [9.17, 15) is 18.5 Å². The topological polar surface area (TPSA) is 96.7 Å². The molecule has 0 aliphatic carbocycles. The molecule has 156 valence electrons. The number of sulfonamides is 1. The summed E-state index contributed by atoms with van der Waals surface area (Å²) in [5, 5.41) is 12.1. The van der Waals surface area contributed by atoms with Crippen LogP contribution >= 0.6 is 0 Å². The molecule has 0 spiro atoms. The highest BCUT2D eigenvalue weighted by Gasteiger charge is 2.31. The number of pyridine rings is 1. The molecule has 1 fully saturated rings. The van der Waals surface area contributed by atoms with Gasteiger partial charge in [0.2, 0.25) is 10.0 Å². The lowest BCUT2D eigenvalue weighted by Gasteiger charge is -2.36. The molecular weight excluding hydrogens is 404 g/mol. The molecule has 2 heterocycles. The molecule has 0 atom stereocenters. The third kappa shape index (κ3) is 3.61. The minimum absolute atomic E-state index is 0.00450. The van der Waals surface area contributed by atoms with Gasteiger partial charge >= 0.3 is 0 Å². The maximum absolute atomic E-state index is 13.2. The van der Waals surface area contributed by atoms with Crippen molar-refractivity contribution < 1.29 is 13.3 Å². The Bertz CT molecular complexity index is 1230. The lowest BCUT2D eigenvalue weighted by atomic mass is 10.1. The highest BCUT2D eigenvalue weighted by molar-refractivity contribution is 7.89. The molecular formula is C21H22N4O4S. The maximum atomic E-state index is 13.2. The summed E-state index contributed by atoms with van der Waals surface area (Å²) in [6.07, 6.45) is 1.77. The Hall–Kier alpha value is -3.04. The second-order valence-corrected chi connectivity index (χ2v) is 9.36. The van der Waals surface area contributed by atoms with Crippen LogP contribution in [-0.2, 0) is 10.0 Å². The summed E-state index contributed by atoms with van der Waals surface area (Å²) >= 11 is 0. The summed E-state index contributed by atoms with van der Waals surface area (Å²) in [6.45, 7) is 5.35. The number of hydrogen-bond acceptors (Lipinski definition) is 6. The standard InChI is InChI=1S/C21H22N4O4S/c1-15-3-6-19-18(13-15)20(7-8-22-19)23-9-11-24(12-10-23)30(28,29)21-14-17(25(26)27)5-4-16(21)2/h3-8,13-14H,9-12H2,1-2H3. The Labute approximate surface area is 175 Å². The molecule has 1 aromatic heterocycles. The number of nitrogens with zero attached hydrogens (tertiary/aromatic N) is 4. The van der Waals surface area contributed by atoms with E-state index in [1.165, 1.54) is 16.4 Å². The van der Waals surface area contributed by atoms with E-state index >= 15 is 0 Å². The highest BCUT2D eigenvalue weighted by Crippen LogP contribution is 2.29. The number of nitro benzene ring substituents is 1. The van der Waals surface area contributed by atoms with Gasteiger partial charge in [-0.2, -0.15) is 4.31 Å². The Kier molecular flexibility index (Phi) is 5.17. The predicted octanol–water partition coefficient (Wildman–Crippen LogP) is 3.27. The van der Waals surface area contributed by atoms with Crippen LogP contribution in [0.4, 0.5) is 11.4 Å². The van der Waals surface area contributed by atoms with Crippen LogP contribution in [0.25, 0.3) is 10.9 Å². The number of fused-ring (bicyclic) bond motifs is 1. The molecule has 0 bridgehead atoms. The zero-order valence-corrected chi connectivity index (χ0v) is 17.6. The number of hydrogen-bond donors (Lipinski definition) is 0. The van der Waals surface area contributed by atoms with Crippen LogP contribution in [0.2, 0.25) is 0 Å². The average Bonchev–Trinajstić information content (AvgIpc) is 2.73. The smallest absolute Gasteiger partial charge is 0.270 e. The Morgan fingerprint density at radius 2 is 1.73 bits per heavy atom. The van der Waals surface area contributed by atoms with E-state index in [-0.39, 0.29) is 10.6 Å². The number of aromatic nitrogens is 1. The lowest BCUT2D eigenvalue weighted by Crippen LogP contribution is -2.48. The van der Waals surface area contributed by atoms with Gasteiger partial charge in [0.1, 0.15) is 0 Å². The van der Waals surface area contributed by atoms with E-state index in [0.717, 1.165) is 28.2 Å². The quantitative estimate of drug-likeness (QED) is 0.469. The van der Waals surface area contributed by atoms with E-state index in [2.05, 4.69) is 16.0 Å². The van der Waals surface area contributed by atoms with Gasteiger partial charge < -0.3 is 4.90 Å². The fraction of sp³-hybridized carbons (Fsp3) is 0.286. The van der Waals surface area contributed by atoms with Crippen molar-refractivity contribution in [1.82, 2.24) is 9.29 Å². The average molecular weight is 426 g/mol. The summed E-state index contributed by atoms with van der Waals surface area (Å²) in [5.74, 6) is 0. The van der Waals surface area contributed by atoms with E-state index < -0.39 is 14.9 Å². The van der Waals surface area contributed by atoms with Gasteiger partial charge in [-0.3, -0.25) is 15.1 Å². The monoisotopic (exact) mass is 426 g/mol. The first-order valence-corrected chi connectivity index (χ1v) is 11.1. The summed E-state index contributed by atoms with van der Waals surface area (Å²) in [7, 11) is -3.81. The van der Waals surface area contributed by atoms with Gasteiger partial charge in [0.25, 0.3) is 5.69 Å². The first-order chi connectivity index (χ1) is 14.3. The van der Waals surface area contributed by atoms with Crippen LogP contribution in [0, 0.1) is 24.0 Å². The number of anilines is 1. The van der Waals surface area contributed by atoms with Crippen LogP contribution in [0.3, 0.4) is 0 Å². The molecule has 0 N–H and O–H groups in total. The highest BCUT2D eigenvalue weighted by atomic mass is 32.2. The minimum Gasteiger partial charge on any atom is -0.368 e. The van der Waals surface area contributed by atoms with Gasteiger partial charge in [-0.1, -0.05) is 17.7 Å². The van der Waals surface area contributed by atoms with Crippen LogP contribution < -0.4 is 4.90 Å². The fourth-order valence-electron chi connectivity index (χ4n) is 3.81. The molecule has 1 saturated heterocycles. The third-order valence-electron chi connectivity index (χ3n) is 5.45. The summed E-state index contributed by atoms with van der Waals surface area (Å²) in [5.41, 5.74) is 3.35. The van der Waals surface area contributed by atoms with E-state index in [0.29, 0.717) is 31.7 Å². The number of aryl methyl sites for hydroxylation is 2. The first-order valence-electron chi connectivity index (χ1n) is 9.63. The van der Waals surface area contributed by atoms with Crippen molar-refractivity contribution in [1.29, 1.82) is 0 Å². The molecule has 30 heavy (non-hydrogen) atoms. The van der Waals surface area contributed by atoms with E-state index in [4.69, 9.17) is 0 Å². The number of nitro groups is 1. The molecule has 4 rings (SSSR count). The SMILES string of the molecule is Cc1ccc2nccc(N3CCN(S(=O)(=O)c4cc([N+](=O)[O-])ccc4C)CC3)c2c1. The number of piperazine rings is 1. The van der Waals surface area contributed by atoms with Crippen molar-refractivity contribution in [3.63, 3.8) is 0 Å². The second kappa shape index (κ2) is 7.66. The number of benzene rings is 2. The zero-order valence-electron chi connectivity index (χ0n) is 16.8. The molecule has 1 aliphatic rings. The van der Waals surface area contributed by atoms with Crippen molar-refractivity contribution in [2.75, 3.05) is 31.1 Å². The molecule has 0 radical (unpaired) electrons.